The molecule has 1 aromatic heterocycles. The van der Waals surface area contributed by atoms with Gasteiger partial charge in [0.15, 0.2) is 0 Å². The third-order valence-electron chi connectivity index (χ3n) is 4.39. The fraction of sp³-hybridized carbons (Fsp3) is 0.333. The Hall–Kier alpha value is -3.09. The van der Waals surface area contributed by atoms with Gasteiger partial charge in [-0.1, -0.05) is 12.1 Å². The Morgan fingerprint density at radius 1 is 1.30 bits per heavy atom. The van der Waals surface area contributed by atoms with E-state index in [1.165, 1.54) is 24.3 Å². The van der Waals surface area contributed by atoms with Gasteiger partial charge in [0.1, 0.15) is 17.7 Å². The van der Waals surface area contributed by atoms with Crippen LogP contribution < -0.4 is 5.32 Å². The summed E-state index contributed by atoms with van der Waals surface area (Å²) < 4.78 is 18.7. The summed E-state index contributed by atoms with van der Waals surface area (Å²) in [5.74, 6) is 0.0701. The summed E-state index contributed by atoms with van der Waals surface area (Å²) in [6.45, 7) is 3.15. The van der Waals surface area contributed by atoms with Crippen LogP contribution in [0.2, 0.25) is 0 Å². The zero-order chi connectivity index (χ0) is 19.2. The lowest BCUT2D eigenvalue weighted by Gasteiger charge is -2.35. The van der Waals surface area contributed by atoms with Crippen LogP contribution in [0, 0.1) is 27.3 Å². The summed E-state index contributed by atoms with van der Waals surface area (Å²) in [6, 6.07) is 10.7. The molecule has 140 valence electrons. The van der Waals surface area contributed by atoms with Crippen LogP contribution in [0.1, 0.15) is 17.3 Å². The second kappa shape index (κ2) is 8.53. The molecule has 8 nitrogen and oxygen atoms in total. The monoisotopic (exact) mass is 371 g/mol. The molecule has 0 saturated carbocycles. The normalized spacial score (nSPS) is 15.7. The van der Waals surface area contributed by atoms with Crippen LogP contribution in [0.15, 0.2) is 36.4 Å². The van der Waals surface area contributed by atoms with Gasteiger partial charge in [0.25, 0.3) is 0 Å². The van der Waals surface area contributed by atoms with Crippen LogP contribution in [0.3, 0.4) is 0 Å². The van der Waals surface area contributed by atoms with E-state index in [9.17, 15) is 14.5 Å². The van der Waals surface area contributed by atoms with Crippen molar-refractivity contribution in [2.45, 2.75) is 6.04 Å². The number of hydrogen-bond donors (Lipinski definition) is 1. The summed E-state index contributed by atoms with van der Waals surface area (Å²) in [5.41, 5.74) is 0.370. The van der Waals surface area contributed by atoms with Crippen molar-refractivity contribution >= 4 is 11.5 Å². The van der Waals surface area contributed by atoms with Gasteiger partial charge in [-0.05, 0) is 23.8 Å². The molecule has 0 spiro atoms. The average Bonchev–Trinajstić information content (AvgIpc) is 2.70. The maximum Gasteiger partial charge on any atom is 0.305 e. The van der Waals surface area contributed by atoms with Crippen molar-refractivity contribution in [2.75, 3.05) is 38.2 Å². The predicted molar refractivity (Wildman–Crippen MR) is 95.6 cm³/mol. The minimum absolute atomic E-state index is 0.0583. The lowest BCUT2D eigenvalue weighted by molar-refractivity contribution is -0.385. The third kappa shape index (κ3) is 4.55. The number of ether oxygens (including phenoxy) is 1. The number of hydrogen-bond acceptors (Lipinski definition) is 7. The van der Waals surface area contributed by atoms with E-state index in [1.807, 2.05) is 0 Å². The van der Waals surface area contributed by atoms with Gasteiger partial charge in [-0.15, -0.1) is 0 Å². The molecule has 1 unspecified atom stereocenters. The Balaban J connectivity index is 1.79. The van der Waals surface area contributed by atoms with Crippen LogP contribution >= 0.6 is 0 Å². The molecule has 2 heterocycles. The van der Waals surface area contributed by atoms with Gasteiger partial charge in [0.2, 0.25) is 5.69 Å². The van der Waals surface area contributed by atoms with E-state index in [4.69, 9.17) is 10.00 Å². The number of nitro groups is 1. The quantitative estimate of drug-likeness (QED) is 0.614. The number of anilines is 1. The highest BCUT2D eigenvalue weighted by molar-refractivity contribution is 5.50. The molecule has 0 amide bonds. The van der Waals surface area contributed by atoms with Crippen molar-refractivity contribution in [1.29, 1.82) is 5.26 Å². The van der Waals surface area contributed by atoms with E-state index in [0.717, 1.165) is 18.7 Å². The van der Waals surface area contributed by atoms with Gasteiger partial charge in [-0.25, -0.2) is 9.37 Å². The molecule has 1 aliphatic rings. The number of pyridine rings is 1. The Labute approximate surface area is 155 Å². The minimum atomic E-state index is -0.635. The Bertz CT molecular complexity index is 847. The highest BCUT2D eigenvalue weighted by atomic mass is 19.1. The number of morpholine rings is 1. The smallest absolute Gasteiger partial charge is 0.305 e. The molecule has 0 bridgehead atoms. The van der Waals surface area contributed by atoms with Crippen molar-refractivity contribution in [1.82, 2.24) is 9.88 Å². The second-order valence-electron chi connectivity index (χ2n) is 6.03. The van der Waals surface area contributed by atoms with E-state index in [2.05, 4.69) is 15.2 Å². The molecule has 2 aromatic rings. The first kappa shape index (κ1) is 18.7. The zero-order valence-corrected chi connectivity index (χ0v) is 14.5. The summed E-state index contributed by atoms with van der Waals surface area (Å²) in [6.07, 6.45) is 0. The van der Waals surface area contributed by atoms with Gasteiger partial charge in [-0.3, -0.25) is 15.0 Å². The van der Waals surface area contributed by atoms with Gasteiger partial charge in [-0.2, -0.15) is 5.26 Å². The van der Waals surface area contributed by atoms with Gasteiger partial charge in [0, 0.05) is 25.7 Å². The van der Waals surface area contributed by atoms with Crippen molar-refractivity contribution in [2.24, 2.45) is 0 Å². The first-order chi connectivity index (χ1) is 13.1. The molecule has 9 heteroatoms. The zero-order valence-electron chi connectivity index (χ0n) is 14.5. The van der Waals surface area contributed by atoms with Gasteiger partial charge >= 0.3 is 5.69 Å². The molecule has 1 aromatic carbocycles. The molecule has 27 heavy (non-hydrogen) atoms. The maximum absolute atomic E-state index is 13.3. The molecular formula is C18H18FN5O3. The number of benzene rings is 1. The van der Waals surface area contributed by atoms with Crippen LogP contribution in [0.5, 0.6) is 0 Å². The summed E-state index contributed by atoms with van der Waals surface area (Å²) in [7, 11) is 0. The fourth-order valence-electron chi connectivity index (χ4n) is 3.01. The molecule has 1 aliphatic heterocycles. The lowest BCUT2D eigenvalue weighted by atomic mass is 10.0. The predicted octanol–water partition coefficient (Wildman–Crippen LogP) is 2.49. The van der Waals surface area contributed by atoms with Crippen LogP contribution in [-0.2, 0) is 4.74 Å². The number of nitrogens with zero attached hydrogens (tertiary/aromatic N) is 4. The highest BCUT2D eigenvalue weighted by Crippen LogP contribution is 2.24. The molecule has 0 aliphatic carbocycles. The van der Waals surface area contributed by atoms with Crippen LogP contribution in [-0.4, -0.2) is 47.7 Å². The first-order valence-corrected chi connectivity index (χ1v) is 8.45. The van der Waals surface area contributed by atoms with E-state index in [-0.39, 0.29) is 23.2 Å². The standard InChI is InChI=1S/C18H18FN5O3/c19-14-3-1-13(2-4-14)17(23-7-9-27-10-8-23)12-21-18-6-5-16(24(25)26)15(11-20)22-18/h1-6,17H,7-10,12H2,(H,21,22). The lowest BCUT2D eigenvalue weighted by Crippen LogP contribution is -2.41. The Morgan fingerprint density at radius 3 is 2.63 bits per heavy atom. The van der Waals surface area contributed by atoms with Gasteiger partial charge in [0.05, 0.1) is 24.2 Å². The number of halogens is 1. The van der Waals surface area contributed by atoms with E-state index in [0.29, 0.717) is 25.6 Å². The van der Waals surface area contributed by atoms with E-state index in [1.54, 1.807) is 18.2 Å². The topological polar surface area (TPSA) is 104 Å². The maximum atomic E-state index is 13.3. The average molecular weight is 371 g/mol. The number of nitrogens with one attached hydrogen (secondary N) is 1. The van der Waals surface area contributed by atoms with Crippen molar-refractivity contribution in [3.05, 3.63) is 63.6 Å². The van der Waals surface area contributed by atoms with Crippen molar-refractivity contribution in [3.8, 4) is 6.07 Å². The molecule has 3 rings (SSSR count). The molecule has 1 atom stereocenters. The fourth-order valence-corrected chi connectivity index (χ4v) is 3.01. The number of rotatable bonds is 6. The molecular weight excluding hydrogens is 353 g/mol. The molecule has 0 radical (unpaired) electrons. The summed E-state index contributed by atoms with van der Waals surface area (Å²) >= 11 is 0. The van der Waals surface area contributed by atoms with Gasteiger partial charge < -0.3 is 10.1 Å². The summed E-state index contributed by atoms with van der Waals surface area (Å²) in [5, 5.41) is 23.1. The Morgan fingerprint density at radius 2 is 2.00 bits per heavy atom. The van der Waals surface area contributed by atoms with E-state index < -0.39 is 4.92 Å². The molecule has 1 N–H and O–H groups in total. The number of nitriles is 1. The third-order valence-corrected chi connectivity index (χ3v) is 4.39. The second-order valence-corrected chi connectivity index (χ2v) is 6.03. The molecule has 1 saturated heterocycles. The van der Waals surface area contributed by atoms with Crippen molar-refractivity contribution in [3.63, 3.8) is 0 Å². The minimum Gasteiger partial charge on any atom is -0.379 e. The largest absolute Gasteiger partial charge is 0.379 e. The molecule has 1 fully saturated rings. The van der Waals surface area contributed by atoms with Crippen LogP contribution in [0.25, 0.3) is 0 Å². The van der Waals surface area contributed by atoms with Crippen molar-refractivity contribution < 1.29 is 14.1 Å². The van der Waals surface area contributed by atoms with Crippen LogP contribution in [0.4, 0.5) is 15.9 Å². The Kier molecular flexibility index (Phi) is 5.90. The highest BCUT2D eigenvalue weighted by Gasteiger charge is 2.23. The summed E-state index contributed by atoms with van der Waals surface area (Å²) in [4.78, 5) is 16.5. The first-order valence-electron chi connectivity index (χ1n) is 8.45. The number of aromatic nitrogens is 1. The SMILES string of the molecule is N#Cc1nc(NCC(c2ccc(F)cc2)N2CCOCC2)ccc1[N+](=O)[O-]. The van der Waals surface area contributed by atoms with E-state index >= 15 is 0 Å².